The van der Waals surface area contributed by atoms with E-state index in [1.165, 1.54) is 12.7 Å². The summed E-state index contributed by atoms with van der Waals surface area (Å²) in [7, 11) is 1.51. The number of benzene rings is 1. The zero-order valence-corrected chi connectivity index (χ0v) is 17.6. The highest BCUT2D eigenvalue weighted by Crippen LogP contribution is 2.25. The number of furan rings is 1. The van der Waals surface area contributed by atoms with Gasteiger partial charge in [-0.15, -0.1) is 0 Å². The lowest BCUT2D eigenvalue weighted by Crippen LogP contribution is -2.56. The van der Waals surface area contributed by atoms with Crippen LogP contribution in [0.2, 0.25) is 0 Å². The van der Waals surface area contributed by atoms with Crippen LogP contribution in [0, 0.1) is 6.92 Å². The van der Waals surface area contributed by atoms with Gasteiger partial charge in [-0.2, -0.15) is 0 Å². The van der Waals surface area contributed by atoms with E-state index >= 15 is 0 Å². The highest BCUT2D eigenvalue weighted by molar-refractivity contribution is 5.98. The number of fused-ring (bicyclic) bond motifs is 1. The van der Waals surface area contributed by atoms with Crippen molar-refractivity contribution in [2.45, 2.75) is 26.4 Å². The summed E-state index contributed by atoms with van der Waals surface area (Å²) in [5, 5.41) is 0.910. The minimum absolute atomic E-state index is 0.0424. The van der Waals surface area contributed by atoms with Crippen molar-refractivity contribution >= 4 is 22.9 Å². The van der Waals surface area contributed by atoms with Crippen LogP contribution in [0.15, 0.2) is 47.1 Å². The number of rotatable bonds is 5. The number of amides is 2. The molecule has 3 aromatic rings. The van der Waals surface area contributed by atoms with Gasteiger partial charge in [-0.05, 0) is 31.5 Å². The van der Waals surface area contributed by atoms with E-state index in [0.29, 0.717) is 37.6 Å². The Bertz CT molecular complexity index is 1050. The summed E-state index contributed by atoms with van der Waals surface area (Å²) < 4.78 is 12.6. The van der Waals surface area contributed by atoms with E-state index in [0.717, 1.165) is 10.9 Å². The first-order valence-electron chi connectivity index (χ1n) is 10.2. The van der Waals surface area contributed by atoms with Crippen molar-refractivity contribution in [2.75, 3.05) is 33.4 Å². The largest absolute Gasteiger partial charge is 0.448 e. The maximum Gasteiger partial charge on any atom is 0.270 e. The number of hydrogen-bond acceptors (Lipinski definition) is 4. The second-order valence-corrected chi connectivity index (χ2v) is 7.90. The Balaban J connectivity index is 1.57. The molecule has 158 valence electrons. The van der Waals surface area contributed by atoms with Crippen LogP contribution in [0.5, 0.6) is 0 Å². The fraction of sp³-hybridized carbons (Fsp3) is 0.391. The lowest BCUT2D eigenvalue weighted by atomic mass is 10.1. The fourth-order valence-corrected chi connectivity index (χ4v) is 4.07. The van der Waals surface area contributed by atoms with Crippen molar-refractivity contribution in [1.29, 1.82) is 0 Å². The molecule has 0 N–H and O–H groups in total. The molecule has 0 bridgehead atoms. The minimum atomic E-state index is -0.0612. The molecule has 2 aromatic heterocycles. The first-order chi connectivity index (χ1) is 14.5. The molecule has 0 aliphatic carbocycles. The normalized spacial score (nSPS) is 17.0. The van der Waals surface area contributed by atoms with Gasteiger partial charge in [0.1, 0.15) is 12.3 Å². The smallest absolute Gasteiger partial charge is 0.270 e. The highest BCUT2D eigenvalue weighted by Gasteiger charge is 2.31. The van der Waals surface area contributed by atoms with E-state index in [9.17, 15) is 9.59 Å². The predicted molar refractivity (Wildman–Crippen MR) is 113 cm³/mol. The van der Waals surface area contributed by atoms with Crippen molar-refractivity contribution < 1.29 is 18.7 Å². The topological polar surface area (TPSA) is 67.9 Å². The predicted octanol–water partition coefficient (Wildman–Crippen LogP) is 2.91. The van der Waals surface area contributed by atoms with Gasteiger partial charge in [0, 0.05) is 38.2 Å². The highest BCUT2D eigenvalue weighted by atomic mass is 16.5. The Morgan fingerprint density at radius 1 is 1.17 bits per heavy atom. The Morgan fingerprint density at radius 2 is 1.93 bits per heavy atom. The van der Waals surface area contributed by atoms with Gasteiger partial charge in [0.2, 0.25) is 11.6 Å². The van der Waals surface area contributed by atoms with Crippen molar-refractivity contribution in [3.8, 4) is 0 Å². The maximum absolute atomic E-state index is 13.4. The number of hydrogen-bond donors (Lipinski definition) is 0. The van der Waals surface area contributed by atoms with Gasteiger partial charge < -0.3 is 23.5 Å². The van der Waals surface area contributed by atoms with Crippen LogP contribution < -0.4 is 0 Å². The number of aryl methyl sites for hydroxylation is 1. The summed E-state index contributed by atoms with van der Waals surface area (Å²) in [5.41, 5.74) is 3.60. The number of nitrogens with zero attached hydrogens (tertiary/aromatic N) is 3. The summed E-state index contributed by atoms with van der Waals surface area (Å²) in [5.74, 6) is -0.0865. The SMILES string of the molecule is COCC(=O)N1CCN(C(=O)c2cc3ccoc3n2Cc2ccc(C)cc2)C[C@@H]1C. The molecule has 1 aromatic carbocycles. The molecular formula is C23H27N3O4. The minimum Gasteiger partial charge on any atom is -0.448 e. The molecule has 2 amide bonds. The number of aromatic nitrogens is 1. The van der Waals surface area contributed by atoms with Crippen molar-refractivity contribution in [1.82, 2.24) is 14.4 Å². The number of methoxy groups -OCH3 is 1. The fourth-order valence-electron chi connectivity index (χ4n) is 4.07. The molecular weight excluding hydrogens is 382 g/mol. The van der Waals surface area contributed by atoms with Crippen LogP contribution >= 0.6 is 0 Å². The number of piperazine rings is 1. The molecule has 1 atom stereocenters. The third-order valence-electron chi connectivity index (χ3n) is 5.69. The van der Waals surface area contributed by atoms with Gasteiger partial charge in [0.25, 0.3) is 5.91 Å². The Morgan fingerprint density at radius 3 is 2.63 bits per heavy atom. The summed E-state index contributed by atoms with van der Waals surface area (Å²) in [6, 6.07) is 12.0. The molecule has 4 rings (SSSR count). The van der Waals surface area contributed by atoms with Crippen LogP contribution in [-0.4, -0.2) is 65.6 Å². The first-order valence-corrected chi connectivity index (χ1v) is 10.2. The van der Waals surface area contributed by atoms with Gasteiger partial charge in [-0.3, -0.25) is 9.59 Å². The summed E-state index contributed by atoms with van der Waals surface area (Å²) in [4.78, 5) is 29.2. The zero-order chi connectivity index (χ0) is 21.3. The Kier molecular flexibility index (Phi) is 5.63. The second-order valence-electron chi connectivity index (χ2n) is 7.90. The quantitative estimate of drug-likeness (QED) is 0.650. The third kappa shape index (κ3) is 3.85. The van der Waals surface area contributed by atoms with E-state index in [4.69, 9.17) is 9.15 Å². The molecule has 0 saturated carbocycles. The second kappa shape index (κ2) is 8.36. The molecule has 1 aliphatic heterocycles. The third-order valence-corrected chi connectivity index (χ3v) is 5.69. The van der Waals surface area contributed by atoms with E-state index in [-0.39, 0.29) is 24.5 Å². The maximum atomic E-state index is 13.4. The molecule has 0 spiro atoms. The van der Waals surface area contributed by atoms with Crippen molar-refractivity contribution in [2.24, 2.45) is 0 Å². The van der Waals surface area contributed by atoms with Gasteiger partial charge in [-0.1, -0.05) is 29.8 Å². The van der Waals surface area contributed by atoms with Crippen LogP contribution in [0.25, 0.3) is 11.1 Å². The van der Waals surface area contributed by atoms with E-state index in [2.05, 4.69) is 31.2 Å². The number of carbonyl (C=O) groups excluding carboxylic acids is 2. The molecule has 0 radical (unpaired) electrons. The lowest BCUT2D eigenvalue weighted by molar-refractivity contribution is -0.139. The average Bonchev–Trinajstić information content (AvgIpc) is 3.31. The van der Waals surface area contributed by atoms with Gasteiger partial charge >= 0.3 is 0 Å². The molecule has 1 saturated heterocycles. The van der Waals surface area contributed by atoms with Crippen LogP contribution in [0.1, 0.15) is 28.5 Å². The molecule has 3 heterocycles. The zero-order valence-electron chi connectivity index (χ0n) is 17.6. The van der Waals surface area contributed by atoms with Crippen LogP contribution in [0.3, 0.4) is 0 Å². The van der Waals surface area contributed by atoms with Gasteiger partial charge in [0.05, 0.1) is 12.8 Å². The molecule has 0 unspecified atom stereocenters. The van der Waals surface area contributed by atoms with E-state index < -0.39 is 0 Å². The molecule has 1 fully saturated rings. The standard InChI is InChI=1S/C23H27N3O4/c1-16-4-6-18(7-5-16)14-26-20(12-19-8-11-30-23(19)26)22(28)24-9-10-25(17(2)13-24)21(27)15-29-3/h4-8,11-12,17H,9-10,13-15H2,1-3H3/t17-/m0/s1. The summed E-state index contributed by atoms with van der Waals surface area (Å²) in [6.07, 6.45) is 1.65. The molecule has 7 heteroatoms. The average molecular weight is 409 g/mol. The van der Waals surface area contributed by atoms with Crippen LogP contribution in [-0.2, 0) is 16.1 Å². The first kappa shape index (κ1) is 20.2. The summed E-state index contributed by atoms with van der Waals surface area (Å²) >= 11 is 0. The molecule has 7 nitrogen and oxygen atoms in total. The summed E-state index contributed by atoms with van der Waals surface area (Å²) in [6.45, 7) is 6.13. The molecule has 1 aliphatic rings. The Labute approximate surface area is 175 Å². The number of ether oxygens (including phenoxy) is 1. The number of carbonyl (C=O) groups is 2. The van der Waals surface area contributed by atoms with Gasteiger partial charge in [-0.25, -0.2) is 0 Å². The monoisotopic (exact) mass is 409 g/mol. The van der Waals surface area contributed by atoms with E-state index in [1.54, 1.807) is 11.2 Å². The van der Waals surface area contributed by atoms with Crippen LogP contribution in [0.4, 0.5) is 0 Å². The van der Waals surface area contributed by atoms with Gasteiger partial charge in [0.15, 0.2) is 0 Å². The van der Waals surface area contributed by atoms with E-state index in [1.807, 2.05) is 28.5 Å². The van der Waals surface area contributed by atoms with Crippen molar-refractivity contribution in [3.05, 3.63) is 59.5 Å². The van der Waals surface area contributed by atoms with Crippen molar-refractivity contribution in [3.63, 3.8) is 0 Å². The Hall–Kier alpha value is -3.06. The molecule has 30 heavy (non-hydrogen) atoms. The lowest BCUT2D eigenvalue weighted by Gasteiger charge is -2.39.